The first-order valence-electron chi connectivity index (χ1n) is 8.48. The summed E-state index contributed by atoms with van der Waals surface area (Å²) in [7, 11) is 3.45. The van der Waals surface area contributed by atoms with Crippen molar-refractivity contribution in [1.82, 2.24) is 10.6 Å². The van der Waals surface area contributed by atoms with E-state index in [1.807, 2.05) is 29.5 Å². The minimum atomic E-state index is 0.553. The van der Waals surface area contributed by atoms with E-state index in [4.69, 9.17) is 9.47 Å². The lowest BCUT2D eigenvalue weighted by Crippen LogP contribution is -2.36. The Balaban J connectivity index is 1.80. The van der Waals surface area contributed by atoms with Crippen molar-refractivity contribution in [3.8, 4) is 5.75 Å². The maximum Gasteiger partial charge on any atom is 0.191 e. The lowest BCUT2D eigenvalue weighted by atomic mass is 10.2. The molecule has 0 fully saturated rings. The maximum atomic E-state index is 5.64. The third-order valence-electron chi connectivity index (χ3n) is 3.63. The second-order valence-corrected chi connectivity index (χ2v) is 6.74. The van der Waals surface area contributed by atoms with Crippen molar-refractivity contribution in [2.75, 3.05) is 27.4 Å². The molecule has 0 unspecified atom stereocenters. The number of ether oxygens (including phenoxy) is 2. The SMILES string of the molecule is CCc1ccc(CNC(=NC)NCc2cccc(OCCOC)c2)s1. The van der Waals surface area contributed by atoms with Gasteiger partial charge in [0.05, 0.1) is 13.2 Å². The van der Waals surface area contributed by atoms with Crippen LogP contribution in [0.4, 0.5) is 0 Å². The van der Waals surface area contributed by atoms with Gasteiger partial charge in [0.1, 0.15) is 12.4 Å². The van der Waals surface area contributed by atoms with Crippen molar-refractivity contribution in [3.05, 3.63) is 51.7 Å². The Bertz CT molecular complexity index is 670. The van der Waals surface area contributed by atoms with Gasteiger partial charge in [-0.2, -0.15) is 0 Å². The molecule has 0 saturated carbocycles. The Morgan fingerprint density at radius 1 is 1.08 bits per heavy atom. The zero-order valence-electron chi connectivity index (χ0n) is 15.2. The Hall–Kier alpha value is -2.05. The summed E-state index contributed by atoms with van der Waals surface area (Å²) >= 11 is 1.84. The number of aliphatic imine (C=N–C) groups is 1. The van der Waals surface area contributed by atoms with Crippen molar-refractivity contribution >= 4 is 17.3 Å². The highest BCUT2D eigenvalue weighted by Gasteiger charge is 2.03. The summed E-state index contributed by atoms with van der Waals surface area (Å²) in [6.45, 7) is 4.78. The van der Waals surface area contributed by atoms with Crippen LogP contribution >= 0.6 is 11.3 Å². The molecule has 0 saturated heterocycles. The number of hydrogen-bond donors (Lipinski definition) is 2. The fourth-order valence-electron chi connectivity index (χ4n) is 2.27. The van der Waals surface area contributed by atoms with Crippen LogP contribution in [0.15, 0.2) is 41.4 Å². The van der Waals surface area contributed by atoms with Gasteiger partial charge in [0, 0.05) is 30.5 Å². The van der Waals surface area contributed by atoms with Crippen LogP contribution in [0.3, 0.4) is 0 Å². The topological polar surface area (TPSA) is 54.9 Å². The molecular formula is C19H27N3O2S. The fourth-order valence-corrected chi connectivity index (χ4v) is 3.17. The number of rotatable bonds is 9. The van der Waals surface area contributed by atoms with Crippen molar-refractivity contribution < 1.29 is 9.47 Å². The Morgan fingerprint density at radius 3 is 2.60 bits per heavy atom. The van der Waals surface area contributed by atoms with E-state index in [0.29, 0.717) is 19.8 Å². The average Bonchev–Trinajstić information content (AvgIpc) is 3.10. The molecule has 2 aromatic rings. The summed E-state index contributed by atoms with van der Waals surface area (Å²) in [5.74, 6) is 1.64. The second-order valence-electron chi connectivity index (χ2n) is 5.49. The summed E-state index contributed by atoms with van der Waals surface area (Å²) in [6.07, 6.45) is 1.08. The second kappa shape index (κ2) is 10.7. The Morgan fingerprint density at radius 2 is 1.88 bits per heavy atom. The Labute approximate surface area is 154 Å². The highest BCUT2D eigenvalue weighted by Crippen LogP contribution is 2.16. The van der Waals surface area contributed by atoms with E-state index < -0.39 is 0 Å². The number of methoxy groups -OCH3 is 1. The number of nitrogens with one attached hydrogen (secondary N) is 2. The van der Waals surface area contributed by atoms with E-state index in [1.165, 1.54) is 9.75 Å². The van der Waals surface area contributed by atoms with Gasteiger partial charge in [-0.15, -0.1) is 11.3 Å². The quantitative estimate of drug-likeness (QED) is 0.409. The molecule has 0 aliphatic heterocycles. The minimum absolute atomic E-state index is 0.553. The summed E-state index contributed by atoms with van der Waals surface area (Å²) in [4.78, 5) is 7.00. The van der Waals surface area contributed by atoms with E-state index >= 15 is 0 Å². The average molecular weight is 362 g/mol. The smallest absolute Gasteiger partial charge is 0.191 e. The first kappa shape index (κ1) is 19.3. The molecule has 25 heavy (non-hydrogen) atoms. The number of aryl methyl sites for hydroxylation is 1. The van der Waals surface area contributed by atoms with Crippen LogP contribution in [0, 0.1) is 0 Å². The lowest BCUT2D eigenvalue weighted by Gasteiger charge is -2.12. The molecule has 2 N–H and O–H groups in total. The predicted octanol–water partition coefficient (Wildman–Crippen LogP) is 3.20. The van der Waals surface area contributed by atoms with Crippen LogP contribution < -0.4 is 15.4 Å². The summed E-state index contributed by atoms with van der Waals surface area (Å²) in [5, 5.41) is 6.69. The summed E-state index contributed by atoms with van der Waals surface area (Å²) in [6, 6.07) is 12.4. The van der Waals surface area contributed by atoms with Crippen molar-refractivity contribution in [2.45, 2.75) is 26.4 Å². The number of thiophene rings is 1. The van der Waals surface area contributed by atoms with Gasteiger partial charge >= 0.3 is 0 Å². The molecule has 0 aliphatic rings. The third kappa shape index (κ3) is 6.76. The first-order chi connectivity index (χ1) is 12.2. The van der Waals surface area contributed by atoms with Crippen LogP contribution in [0.2, 0.25) is 0 Å². The number of benzene rings is 1. The molecule has 0 atom stereocenters. The molecule has 6 heteroatoms. The van der Waals surface area contributed by atoms with Crippen LogP contribution in [-0.2, 0) is 24.2 Å². The third-order valence-corrected chi connectivity index (χ3v) is 4.86. The van der Waals surface area contributed by atoms with Crippen molar-refractivity contribution in [2.24, 2.45) is 4.99 Å². The first-order valence-corrected chi connectivity index (χ1v) is 9.29. The number of nitrogens with zero attached hydrogens (tertiary/aromatic N) is 1. The summed E-state index contributed by atoms with van der Waals surface area (Å²) in [5.41, 5.74) is 1.14. The normalized spacial score (nSPS) is 11.4. The lowest BCUT2D eigenvalue weighted by molar-refractivity contribution is 0.146. The van der Waals surface area contributed by atoms with Crippen LogP contribution in [-0.4, -0.2) is 33.3 Å². The predicted molar refractivity (Wildman–Crippen MR) is 105 cm³/mol. The molecule has 2 rings (SSSR count). The fraction of sp³-hybridized carbons (Fsp3) is 0.421. The van der Waals surface area contributed by atoms with Crippen LogP contribution in [0.1, 0.15) is 22.2 Å². The molecule has 0 aliphatic carbocycles. The highest BCUT2D eigenvalue weighted by atomic mass is 32.1. The van der Waals surface area contributed by atoms with Gasteiger partial charge in [-0.25, -0.2) is 0 Å². The zero-order chi connectivity index (χ0) is 17.9. The van der Waals surface area contributed by atoms with E-state index in [1.54, 1.807) is 14.2 Å². The van der Waals surface area contributed by atoms with Gasteiger partial charge in [-0.3, -0.25) is 4.99 Å². The molecule has 0 amide bonds. The van der Waals surface area contributed by atoms with Gasteiger partial charge < -0.3 is 20.1 Å². The van der Waals surface area contributed by atoms with E-state index in [0.717, 1.165) is 30.2 Å². The monoisotopic (exact) mass is 361 g/mol. The molecule has 0 bridgehead atoms. The molecule has 1 heterocycles. The van der Waals surface area contributed by atoms with Gasteiger partial charge in [-0.05, 0) is 36.2 Å². The van der Waals surface area contributed by atoms with Gasteiger partial charge in [0.25, 0.3) is 0 Å². The van der Waals surface area contributed by atoms with Gasteiger partial charge in [-0.1, -0.05) is 19.1 Å². The number of hydrogen-bond acceptors (Lipinski definition) is 4. The molecule has 1 aromatic heterocycles. The standard InChI is InChI=1S/C19H27N3O2S/c1-4-17-8-9-18(25-17)14-22-19(20-2)21-13-15-6-5-7-16(12-15)24-11-10-23-3/h5-9,12H,4,10-11,13-14H2,1-3H3,(H2,20,21,22). The maximum absolute atomic E-state index is 5.64. The number of guanidine groups is 1. The minimum Gasteiger partial charge on any atom is -0.491 e. The molecule has 0 spiro atoms. The molecule has 1 aromatic carbocycles. The summed E-state index contributed by atoms with van der Waals surface area (Å²) < 4.78 is 10.6. The van der Waals surface area contributed by atoms with Crippen molar-refractivity contribution in [3.63, 3.8) is 0 Å². The van der Waals surface area contributed by atoms with Crippen molar-refractivity contribution in [1.29, 1.82) is 0 Å². The van der Waals surface area contributed by atoms with Gasteiger partial charge in [0.15, 0.2) is 5.96 Å². The van der Waals surface area contributed by atoms with Crippen LogP contribution in [0.5, 0.6) is 5.75 Å². The molecule has 136 valence electrons. The molecule has 0 radical (unpaired) electrons. The van der Waals surface area contributed by atoms with Crippen LogP contribution in [0.25, 0.3) is 0 Å². The Kier molecular flexibility index (Phi) is 8.28. The van der Waals surface area contributed by atoms with E-state index in [-0.39, 0.29) is 0 Å². The van der Waals surface area contributed by atoms with E-state index in [9.17, 15) is 0 Å². The largest absolute Gasteiger partial charge is 0.491 e. The van der Waals surface area contributed by atoms with Gasteiger partial charge in [0.2, 0.25) is 0 Å². The zero-order valence-corrected chi connectivity index (χ0v) is 16.0. The molecule has 5 nitrogen and oxygen atoms in total. The molecular weight excluding hydrogens is 334 g/mol. The van der Waals surface area contributed by atoms with E-state index in [2.05, 4.69) is 40.7 Å². The highest BCUT2D eigenvalue weighted by molar-refractivity contribution is 7.11.